The normalized spacial score (nSPS) is 18.2. The largest absolute Gasteiger partial charge is 0.441 e. The van der Waals surface area contributed by atoms with Crippen molar-refractivity contribution < 1.29 is 28.0 Å². The highest BCUT2D eigenvalue weighted by Gasteiger charge is 2.32. The van der Waals surface area contributed by atoms with Gasteiger partial charge in [-0.05, 0) is 35.6 Å². The van der Waals surface area contributed by atoms with Crippen LogP contribution in [0.5, 0.6) is 0 Å². The van der Waals surface area contributed by atoms with Gasteiger partial charge in [-0.25, -0.2) is 34.2 Å². The van der Waals surface area contributed by atoms with Crippen LogP contribution in [0.25, 0.3) is 0 Å². The molecule has 1 fully saturated rings. The number of nitrogens with zero attached hydrogens (tertiary/aromatic N) is 2. The van der Waals surface area contributed by atoms with Crippen molar-refractivity contribution in [1.29, 1.82) is 0 Å². The Morgan fingerprint density at radius 3 is 2.89 bits per heavy atom. The number of rotatable bonds is 9. The molecule has 188 valence electrons. The Bertz CT molecular complexity index is 1260. The van der Waals surface area contributed by atoms with Crippen LogP contribution < -0.4 is 11.2 Å². The maximum absolute atomic E-state index is 14.7. The fourth-order valence-electron chi connectivity index (χ4n) is 3.68. The average Bonchev–Trinajstić information content (AvgIpc) is 3.41. The Morgan fingerprint density at radius 1 is 1.31 bits per heavy atom. The lowest BCUT2D eigenvalue weighted by Crippen LogP contribution is -2.26. The SMILES string of the molecule is NOSC(=O)OO/C=C1\CC(F)C(Nc2ncncc2C(=O)c2cc(Cc3ccccc3)c(Cl)s2)C1. The number of hydrogen-bond donors (Lipinski definition) is 2. The van der Waals surface area contributed by atoms with Crippen molar-refractivity contribution in [2.24, 2.45) is 5.90 Å². The summed E-state index contributed by atoms with van der Waals surface area (Å²) in [6.07, 6.45) is 3.41. The molecule has 3 N–H and O–H groups in total. The molecule has 13 heteroatoms. The molecule has 1 saturated carbocycles. The zero-order valence-corrected chi connectivity index (χ0v) is 20.9. The van der Waals surface area contributed by atoms with Gasteiger partial charge in [0, 0.05) is 12.6 Å². The van der Waals surface area contributed by atoms with Crippen LogP contribution in [0.4, 0.5) is 15.0 Å². The lowest BCUT2D eigenvalue weighted by molar-refractivity contribution is -0.177. The van der Waals surface area contributed by atoms with E-state index in [1.165, 1.54) is 23.9 Å². The molecule has 0 bridgehead atoms. The molecule has 0 aliphatic heterocycles. The summed E-state index contributed by atoms with van der Waals surface area (Å²) in [6.45, 7) is 0. The van der Waals surface area contributed by atoms with Crippen molar-refractivity contribution in [2.75, 3.05) is 5.32 Å². The fourth-order valence-corrected chi connectivity index (χ4v) is 5.06. The lowest BCUT2D eigenvalue weighted by atomic mass is 10.1. The topological polar surface area (TPSA) is 126 Å². The number of anilines is 1. The molecule has 2 aromatic heterocycles. The number of nitrogens with one attached hydrogen (secondary N) is 1. The van der Waals surface area contributed by atoms with Crippen LogP contribution >= 0.6 is 35.0 Å². The third-order valence-electron chi connectivity index (χ3n) is 5.32. The minimum Gasteiger partial charge on any atom is -0.363 e. The van der Waals surface area contributed by atoms with Gasteiger partial charge in [0.2, 0.25) is 5.78 Å². The predicted octanol–water partition coefficient (Wildman–Crippen LogP) is 5.42. The lowest BCUT2D eigenvalue weighted by Gasteiger charge is -2.16. The van der Waals surface area contributed by atoms with Gasteiger partial charge in [0.25, 0.3) is 0 Å². The maximum Gasteiger partial charge on any atom is 0.441 e. The monoisotopic (exact) mass is 550 g/mol. The smallest absolute Gasteiger partial charge is 0.363 e. The zero-order valence-electron chi connectivity index (χ0n) is 18.6. The Labute approximate surface area is 218 Å². The van der Waals surface area contributed by atoms with Crippen LogP contribution in [0.1, 0.15) is 39.2 Å². The van der Waals surface area contributed by atoms with E-state index in [0.717, 1.165) is 17.4 Å². The number of carbonyl (C=O) groups is 2. The summed E-state index contributed by atoms with van der Waals surface area (Å²) in [7, 11) is 0. The molecule has 1 aliphatic carbocycles. The molecule has 0 radical (unpaired) electrons. The minimum atomic E-state index is -1.29. The summed E-state index contributed by atoms with van der Waals surface area (Å²) in [5.74, 6) is 4.63. The molecule has 0 saturated heterocycles. The van der Waals surface area contributed by atoms with Gasteiger partial charge >= 0.3 is 5.30 Å². The molecule has 0 amide bonds. The van der Waals surface area contributed by atoms with Gasteiger partial charge in [-0.1, -0.05) is 41.9 Å². The first-order chi connectivity index (χ1) is 17.4. The molecule has 2 unspecified atom stereocenters. The molecule has 2 atom stereocenters. The van der Waals surface area contributed by atoms with Crippen molar-refractivity contribution >= 4 is 51.9 Å². The van der Waals surface area contributed by atoms with Gasteiger partial charge in [-0.2, -0.15) is 0 Å². The number of carbonyl (C=O) groups excluding carboxylic acids is 2. The van der Waals surface area contributed by atoms with E-state index in [1.807, 2.05) is 30.3 Å². The number of hydrogen-bond acceptors (Lipinski definition) is 11. The first-order valence-corrected chi connectivity index (χ1v) is 12.5. The van der Waals surface area contributed by atoms with Crippen LogP contribution in [-0.4, -0.2) is 33.3 Å². The van der Waals surface area contributed by atoms with E-state index in [1.54, 1.807) is 6.07 Å². The molecule has 0 spiro atoms. The Morgan fingerprint density at radius 2 is 2.11 bits per heavy atom. The summed E-state index contributed by atoms with van der Waals surface area (Å²) in [5.41, 5.74) is 2.68. The number of halogens is 2. The molecule has 4 rings (SSSR count). The molecule has 1 aliphatic rings. The Kier molecular flexibility index (Phi) is 8.88. The van der Waals surface area contributed by atoms with Crippen molar-refractivity contribution in [1.82, 2.24) is 9.97 Å². The van der Waals surface area contributed by atoms with Gasteiger partial charge in [0.1, 0.15) is 36.6 Å². The fraction of sp³-hybridized carbons (Fsp3) is 0.217. The summed E-state index contributed by atoms with van der Waals surface area (Å²) < 4.78 is 19.3. The molecular formula is C23H20ClFN4O5S2. The summed E-state index contributed by atoms with van der Waals surface area (Å²) in [6, 6.07) is 10.9. The highest BCUT2D eigenvalue weighted by atomic mass is 35.5. The first-order valence-electron chi connectivity index (χ1n) is 10.6. The Hall–Kier alpha value is -3.03. The highest BCUT2D eigenvalue weighted by molar-refractivity contribution is 8.09. The van der Waals surface area contributed by atoms with E-state index in [0.29, 0.717) is 21.2 Å². The van der Waals surface area contributed by atoms with Crippen LogP contribution in [0, 0.1) is 0 Å². The summed E-state index contributed by atoms with van der Waals surface area (Å²) in [4.78, 5) is 42.1. The van der Waals surface area contributed by atoms with Gasteiger partial charge < -0.3 is 5.32 Å². The molecular weight excluding hydrogens is 531 g/mol. The third kappa shape index (κ3) is 6.59. The minimum absolute atomic E-state index is 0.0491. The van der Waals surface area contributed by atoms with Gasteiger partial charge in [0.15, 0.2) is 0 Å². The second-order valence-corrected chi connectivity index (χ2v) is 10.1. The number of nitrogens with two attached hydrogens (primary N) is 1. The van der Waals surface area contributed by atoms with Crippen molar-refractivity contribution in [2.45, 2.75) is 31.5 Å². The first kappa shape index (κ1) is 26.0. The Balaban J connectivity index is 1.44. The maximum atomic E-state index is 14.7. The number of aromatic nitrogens is 2. The molecule has 9 nitrogen and oxygen atoms in total. The standard InChI is InChI=1S/C23H20ClFN4O5S2/c24-21-15(6-13-4-2-1-3-5-13)9-19(35-21)20(30)16-10-27-12-28-22(16)29-18-8-14(7-17(18)25)11-32-33-23(31)36-34-26/h1-5,9-12,17-18H,6-8,26H2,(H,27,28,29)/b14-11+. The predicted molar refractivity (Wildman–Crippen MR) is 134 cm³/mol. The van der Waals surface area contributed by atoms with Crippen molar-refractivity contribution in [3.63, 3.8) is 0 Å². The van der Waals surface area contributed by atoms with E-state index in [9.17, 15) is 14.0 Å². The van der Waals surface area contributed by atoms with Crippen LogP contribution in [0.3, 0.4) is 0 Å². The number of alkyl halides is 1. The van der Waals surface area contributed by atoms with Crippen LogP contribution in [0.2, 0.25) is 4.34 Å². The van der Waals surface area contributed by atoms with E-state index in [2.05, 4.69) is 24.5 Å². The molecule has 1 aromatic carbocycles. The molecule has 2 heterocycles. The van der Waals surface area contributed by atoms with E-state index in [4.69, 9.17) is 22.4 Å². The van der Waals surface area contributed by atoms with Crippen molar-refractivity contribution in [3.05, 3.63) is 86.7 Å². The zero-order chi connectivity index (χ0) is 25.5. The number of ketones is 1. The third-order valence-corrected chi connectivity index (χ3v) is 7.06. The van der Waals surface area contributed by atoms with E-state index < -0.39 is 17.5 Å². The average molecular weight is 551 g/mol. The van der Waals surface area contributed by atoms with Crippen molar-refractivity contribution in [3.8, 4) is 0 Å². The highest BCUT2D eigenvalue weighted by Crippen LogP contribution is 2.34. The summed E-state index contributed by atoms with van der Waals surface area (Å²) in [5, 5.41) is 2.09. The van der Waals surface area contributed by atoms with Gasteiger partial charge in [-0.3, -0.25) is 9.68 Å². The van der Waals surface area contributed by atoms with Crippen LogP contribution in [-0.2, 0) is 20.5 Å². The second kappa shape index (κ2) is 12.3. The number of benzene rings is 1. The summed E-state index contributed by atoms with van der Waals surface area (Å²) >= 11 is 7.84. The van der Waals surface area contributed by atoms with Gasteiger partial charge in [-0.15, -0.1) is 11.3 Å². The van der Waals surface area contributed by atoms with E-state index >= 15 is 0 Å². The van der Waals surface area contributed by atoms with Gasteiger partial charge in [0.05, 0.1) is 20.8 Å². The second-order valence-electron chi connectivity index (χ2n) is 7.75. The van der Waals surface area contributed by atoms with Crippen LogP contribution in [0.15, 0.2) is 60.8 Å². The molecule has 3 aromatic rings. The van der Waals surface area contributed by atoms with E-state index in [-0.39, 0.29) is 42.0 Å². The quantitative estimate of drug-likeness (QED) is 0.117. The number of thiophene rings is 1. The molecule has 36 heavy (non-hydrogen) atoms.